The summed E-state index contributed by atoms with van der Waals surface area (Å²) in [6, 6.07) is 7.12. The molecule has 0 N–H and O–H groups in total. The Bertz CT molecular complexity index is 1130. The van der Waals surface area contributed by atoms with Crippen LogP contribution in [0, 0.1) is 0 Å². The summed E-state index contributed by atoms with van der Waals surface area (Å²) in [7, 11) is 1.35. The lowest BCUT2D eigenvalue weighted by Gasteiger charge is -2.25. The standard InChI is InChI=1S/C25H26F3NO8/c1-24(2,22(31)36-23(32)25(26,27)28)37-19-12-16(33-3)8-9-18(19)21(30)15-7-10-20(29-13-15)35-14-17-6-4-5-11-34-17/h7-10,12-13,17H,4-6,11,14H2,1-3H3. The number of nitrogens with zero attached hydrogens (tertiary/aromatic N) is 1. The monoisotopic (exact) mass is 525 g/mol. The Labute approximate surface area is 210 Å². The van der Waals surface area contributed by atoms with Gasteiger partial charge in [-0.15, -0.1) is 0 Å². The van der Waals surface area contributed by atoms with Crippen LogP contribution in [0.5, 0.6) is 17.4 Å². The molecule has 0 saturated carbocycles. The van der Waals surface area contributed by atoms with E-state index in [-0.39, 0.29) is 28.7 Å². The molecule has 1 saturated heterocycles. The highest BCUT2D eigenvalue weighted by Gasteiger charge is 2.45. The highest BCUT2D eigenvalue weighted by molar-refractivity contribution is 6.10. The van der Waals surface area contributed by atoms with Gasteiger partial charge in [0.1, 0.15) is 18.1 Å². The summed E-state index contributed by atoms with van der Waals surface area (Å²) in [5.41, 5.74) is -1.95. The Balaban J connectivity index is 1.76. The summed E-state index contributed by atoms with van der Waals surface area (Å²) in [4.78, 5) is 40.7. The maximum Gasteiger partial charge on any atom is 0.491 e. The zero-order valence-electron chi connectivity index (χ0n) is 20.4. The third-order valence-corrected chi connectivity index (χ3v) is 5.40. The molecule has 200 valence electrons. The number of methoxy groups -OCH3 is 1. The summed E-state index contributed by atoms with van der Waals surface area (Å²) in [6.45, 7) is 3.21. The van der Waals surface area contributed by atoms with Gasteiger partial charge in [-0.2, -0.15) is 13.2 Å². The van der Waals surface area contributed by atoms with Crippen molar-refractivity contribution in [3.05, 3.63) is 47.7 Å². The minimum atomic E-state index is -5.37. The lowest BCUT2D eigenvalue weighted by Crippen LogP contribution is -2.43. The summed E-state index contributed by atoms with van der Waals surface area (Å²) >= 11 is 0. The number of benzene rings is 1. The van der Waals surface area contributed by atoms with Gasteiger partial charge < -0.3 is 23.7 Å². The molecule has 9 nitrogen and oxygen atoms in total. The highest BCUT2D eigenvalue weighted by atomic mass is 19.4. The van der Waals surface area contributed by atoms with Crippen molar-refractivity contribution in [2.75, 3.05) is 20.3 Å². The number of aromatic nitrogens is 1. The van der Waals surface area contributed by atoms with Crippen LogP contribution in [-0.2, 0) is 19.1 Å². The fourth-order valence-electron chi connectivity index (χ4n) is 3.36. The molecule has 0 amide bonds. The van der Waals surface area contributed by atoms with Gasteiger partial charge in [0.25, 0.3) is 0 Å². The van der Waals surface area contributed by atoms with E-state index >= 15 is 0 Å². The SMILES string of the molecule is COc1ccc(C(=O)c2ccc(OCC3CCCCO3)nc2)c(OC(C)(C)C(=O)OC(=O)C(F)(F)F)c1. The largest absolute Gasteiger partial charge is 0.497 e. The molecule has 1 aliphatic rings. The number of pyridine rings is 1. The Kier molecular flexibility index (Phi) is 8.74. The first-order chi connectivity index (χ1) is 17.4. The first kappa shape index (κ1) is 27.9. The van der Waals surface area contributed by atoms with Crippen LogP contribution < -0.4 is 14.2 Å². The van der Waals surface area contributed by atoms with Crippen LogP contribution in [0.1, 0.15) is 49.0 Å². The number of esters is 2. The van der Waals surface area contributed by atoms with Crippen LogP contribution in [0.4, 0.5) is 13.2 Å². The molecule has 0 bridgehead atoms. The minimum absolute atomic E-state index is 0.0164. The average Bonchev–Trinajstić information content (AvgIpc) is 2.87. The normalized spacial score (nSPS) is 16.0. The number of carbonyl (C=O) groups excluding carboxylic acids is 3. The van der Waals surface area contributed by atoms with E-state index in [1.165, 1.54) is 43.6 Å². The third-order valence-electron chi connectivity index (χ3n) is 5.40. The number of ether oxygens (including phenoxy) is 5. The number of rotatable bonds is 9. The van der Waals surface area contributed by atoms with E-state index in [9.17, 15) is 27.6 Å². The number of carbonyl (C=O) groups is 3. The molecule has 1 aromatic heterocycles. The van der Waals surface area contributed by atoms with Crippen molar-refractivity contribution in [2.24, 2.45) is 0 Å². The number of alkyl halides is 3. The lowest BCUT2D eigenvalue weighted by molar-refractivity contribution is -0.206. The number of hydrogen-bond donors (Lipinski definition) is 0. The van der Waals surface area contributed by atoms with Crippen LogP contribution in [0.3, 0.4) is 0 Å². The zero-order chi connectivity index (χ0) is 27.2. The van der Waals surface area contributed by atoms with Crippen LogP contribution in [0.2, 0.25) is 0 Å². The lowest BCUT2D eigenvalue weighted by atomic mass is 10.0. The molecule has 0 spiro atoms. The zero-order valence-corrected chi connectivity index (χ0v) is 20.4. The van der Waals surface area contributed by atoms with Gasteiger partial charge in [-0.1, -0.05) is 0 Å². The van der Waals surface area contributed by atoms with Gasteiger partial charge in [-0.3, -0.25) is 4.79 Å². The fraction of sp³-hybridized carbons (Fsp3) is 0.440. The fourth-order valence-corrected chi connectivity index (χ4v) is 3.36. The van der Waals surface area contributed by atoms with Crippen molar-refractivity contribution in [1.29, 1.82) is 0 Å². The summed E-state index contributed by atoms with van der Waals surface area (Å²) in [6.07, 6.45) is -1.10. The molecule has 1 aromatic carbocycles. The first-order valence-electron chi connectivity index (χ1n) is 11.4. The Morgan fingerprint density at radius 3 is 2.43 bits per heavy atom. The van der Waals surface area contributed by atoms with Crippen LogP contribution >= 0.6 is 0 Å². The van der Waals surface area contributed by atoms with Crippen LogP contribution in [0.25, 0.3) is 0 Å². The van der Waals surface area contributed by atoms with E-state index in [1.54, 1.807) is 0 Å². The second-order valence-electron chi connectivity index (χ2n) is 8.66. The molecule has 2 heterocycles. The molecule has 3 rings (SSSR count). The topological polar surface area (TPSA) is 110 Å². The van der Waals surface area contributed by atoms with Crippen molar-refractivity contribution in [3.8, 4) is 17.4 Å². The van der Waals surface area contributed by atoms with Gasteiger partial charge in [-0.25, -0.2) is 14.6 Å². The minimum Gasteiger partial charge on any atom is -0.497 e. The smallest absolute Gasteiger partial charge is 0.491 e. The van der Waals surface area contributed by atoms with Gasteiger partial charge in [-0.05, 0) is 51.3 Å². The summed E-state index contributed by atoms with van der Waals surface area (Å²) in [5, 5.41) is 0. The molecule has 0 radical (unpaired) electrons. The van der Waals surface area contributed by atoms with Gasteiger partial charge >= 0.3 is 18.1 Å². The Morgan fingerprint density at radius 2 is 1.84 bits per heavy atom. The second kappa shape index (κ2) is 11.6. The molecule has 0 aliphatic carbocycles. The van der Waals surface area contributed by atoms with E-state index in [2.05, 4.69) is 9.72 Å². The summed E-state index contributed by atoms with van der Waals surface area (Å²) in [5.74, 6) is -4.46. The summed E-state index contributed by atoms with van der Waals surface area (Å²) < 4.78 is 63.3. The maximum atomic E-state index is 13.2. The molecule has 2 aromatic rings. The number of halogens is 3. The van der Waals surface area contributed by atoms with Crippen LogP contribution in [-0.4, -0.2) is 60.9 Å². The molecule has 37 heavy (non-hydrogen) atoms. The first-order valence-corrected chi connectivity index (χ1v) is 11.4. The van der Waals surface area contributed by atoms with Crippen molar-refractivity contribution in [2.45, 2.75) is 51.0 Å². The third kappa shape index (κ3) is 7.42. The second-order valence-corrected chi connectivity index (χ2v) is 8.66. The van der Waals surface area contributed by atoms with Gasteiger partial charge in [0.2, 0.25) is 11.5 Å². The van der Waals surface area contributed by atoms with Crippen molar-refractivity contribution < 1.29 is 51.2 Å². The van der Waals surface area contributed by atoms with E-state index in [0.717, 1.165) is 33.1 Å². The number of ketones is 1. The number of hydrogen-bond acceptors (Lipinski definition) is 9. The average molecular weight is 525 g/mol. The quantitative estimate of drug-likeness (QED) is 0.272. The van der Waals surface area contributed by atoms with Crippen LogP contribution in [0.15, 0.2) is 36.5 Å². The predicted octanol–water partition coefficient (Wildman–Crippen LogP) is 4.06. The molecule has 1 unspecified atom stereocenters. The maximum absolute atomic E-state index is 13.2. The van der Waals surface area contributed by atoms with Crippen molar-refractivity contribution >= 4 is 17.7 Å². The Hall–Kier alpha value is -3.67. The van der Waals surface area contributed by atoms with E-state index < -0.39 is 29.5 Å². The highest BCUT2D eigenvalue weighted by Crippen LogP contribution is 2.31. The molecule has 1 fully saturated rings. The van der Waals surface area contributed by atoms with Gasteiger partial charge in [0, 0.05) is 30.5 Å². The van der Waals surface area contributed by atoms with E-state index in [4.69, 9.17) is 18.9 Å². The molecular weight excluding hydrogens is 499 g/mol. The van der Waals surface area contributed by atoms with Crippen molar-refractivity contribution in [3.63, 3.8) is 0 Å². The molecule has 1 atom stereocenters. The molecular formula is C25H26F3NO8. The predicted molar refractivity (Wildman–Crippen MR) is 122 cm³/mol. The van der Waals surface area contributed by atoms with E-state index in [0.29, 0.717) is 19.1 Å². The van der Waals surface area contributed by atoms with E-state index in [1.807, 2.05) is 0 Å². The molecule has 12 heteroatoms. The van der Waals surface area contributed by atoms with Gasteiger partial charge in [0.05, 0.1) is 18.8 Å². The van der Waals surface area contributed by atoms with Crippen molar-refractivity contribution in [1.82, 2.24) is 4.98 Å². The molecule has 1 aliphatic heterocycles. The van der Waals surface area contributed by atoms with Gasteiger partial charge in [0.15, 0.2) is 5.78 Å². The Morgan fingerprint density at radius 1 is 1.08 bits per heavy atom.